The molecule has 2 aromatic heterocycles. The van der Waals surface area contributed by atoms with Crippen molar-refractivity contribution >= 4 is 21.6 Å². The molecule has 3 heteroatoms. The minimum Gasteiger partial charge on any atom is -0.294 e. The van der Waals surface area contributed by atoms with E-state index >= 15 is 0 Å². The van der Waals surface area contributed by atoms with Crippen molar-refractivity contribution in [2.75, 3.05) is 0 Å². The molecule has 96 valence electrons. The van der Waals surface area contributed by atoms with E-state index in [1.165, 1.54) is 49.8 Å². The van der Waals surface area contributed by atoms with Crippen LogP contribution in [0, 0.1) is 6.92 Å². The first-order valence-electron chi connectivity index (χ1n) is 6.90. The summed E-state index contributed by atoms with van der Waals surface area (Å²) in [6.45, 7) is 2.13. The van der Waals surface area contributed by atoms with Crippen LogP contribution in [0.25, 0.3) is 5.65 Å². The van der Waals surface area contributed by atoms with E-state index in [2.05, 4.69) is 45.6 Å². The van der Waals surface area contributed by atoms with E-state index in [0.29, 0.717) is 5.92 Å². The molecule has 0 amide bonds. The molecule has 18 heavy (non-hydrogen) atoms. The Labute approximate surface area is 117 Å². The van der Waals surface area contributed by atoms with E-state index in [0.717, 1.165) is 10.3 Å². The normalized spacial score (nSPS) is 18.1. The first-order chi connectivity index (χ1) is 8.77. The highest BCUT2D eigenvalue weighted by atomic mass is 79.9. The number of aromatic nitrogens is 2. The molecule has 0 saturated heterocycles. The molecule has 0 radical (unpaired) electrons. The van der Waals surface area contributed by atoms with Crippen LogP contribution in [-0.4, -0.2) is 9.38 Å². The van der Waals surface area contributed by atoms with Crippen LogP contribution in [0.1, 0.15) is 55.7 Å². The van der Waals surface area contributed by atoms with Crippen LogP contribution < -0.4 is 0 Å². The number of halogens is 1. The molecular formula is C15H19BrN2. The van der Waals surface area contributed by atoms with Gasteiger partial charge in [-0.2, -0.15) is 0 Å². The van der Waals surface area contributed by atoms with Crippen LogP contribution in [-0.2, 0) is 0 Å². The minimum atomic E-state index is 0.640. The molecule has 1 saturated carbocycles. The highest BCUT2D eigenvalue weighted by Crippen LogP contribution is 2.35. The van der Waals surface area contributed by atoms with Gasteiger partial charge in [0.05, 0.1) is 5.69 Å². The van der Waals surface area contributed by atoms with E-state index in [1.807, 2.05) is 0 Å². The lowest BCUT2D eigenvalue weighted by Crippen LogP contribution is -1.98. The molecule has 0 unspecified atom stereocenters. The highest BCUT2D eigenvalue weighted by Gasteiger charge is 2.21. The van der Waals surface area contributed by atoms with Crippen LogP contribution in [0.5, 0.6) is 0 Å². The monoisotopic (exact) mass is 306 g/mol. The summed E-state index contributed by atoms with van der Waals surface area (Å²) in [5.74, 6) is 0.640. The molecule has 3 rings (SSSR count). The lowest BCUT2D eigenvalue weighted by molar-refractivity contribution is 0.578. The van der Waals surface area contributed by atoms with E-state index in [1.54, 1.807) is 0 Å². The third-order valence-electron chi connectivity index (χ3n) is 4.05. The zero-order valence-electron chi connectivity index (χ0n) is 10.8. The van der Waals surface area contributed by atoms with Gasteiger partial charge < -0.3 is 0 Å². The molecule has 0 aromatic carbocycles. The predicted octanol–water partition coefficient (Wildman–Crippen LogP) is 4.84. The number of fused-ring (bicyclic) bond motifs is 1. The first-order valence-corrected chi connectivity index (χ1v) is 7.70. The third kappa shape index (κ3) is 2.09. The molecular weight excluding hydrogens is 288 g/mol. The first kappa shape index (κ1) is 12.2. The summed E-state index contributed by atoms with van der Waals surface area (Å²) in [6.07, 6.45) is 10.2. The third-order valence-corrected chi connectivity index (χ3v) is 4.84. The van der Waals surface area contributed by atoms with E-state index in [9.17, 15) is 0 Å². The second-order valence-electron chi connectivity index (χ2n) is 5.36. The molecule has 0 aliphatic heterocycles. The summed E-state index contributed by atoms with van der Waals surface area (Å²) >= 11 is 3.75. The van der Waals surface area contributed by atoms with Crippen LogP contribution >= 0.6 is 15.9 Å². The second-order valence-corrected chi connectivity index (χ2v) is 6.11. The number of hydrogen-bond donors (Lipinski definition) is 0. The van der Waals surface area contributed by atoms with Crippen molar-refractivity contribution in [3.05, 3.63) is 34.2 Å². The van der Waals surface area contributed by atoms with Crippen LogP contribution in [0.2, 0.25) is 0 Å². The zero-order valence-corrected chi connectivity index (χ0v) is 12.4. The van der Waals surface area contributed by atoms with Crippen molar-refractivity contribution in [1.82, 2.24) is 9.38 Å². The Bertz CT molecular complexity index is 551. The van der Waals surface area contributed by atoms with Crippen LogP contribution in [0.15, 0.2) is 22.9 Å². The number of imidazole rings is 1. The van der Waals surface area contributed by atoms with Crippen LogP contribution in [0.3, 0.4) is 0 Å². The Kier molecular flexibility index (Phi) is 3.42. The number of rotatable bonds is 1. The van der Waals surface area contributed by atoms with Gasteiger partial charge in [0.25, 0.3) is 0 Å². The molecule has 1 aliphatic carbocycles. The van der Waals surface area contributed by atoms with Gasteiger partial charge in [0, 0.05) is 12.1 Å². The van der Waals surface area contributed by atoms with E-state index in [-0.39, 0.29) is 0 Å². The van der Waals surface area contributed by atoms with Gasteiger partial charge in [-0.25, -0.2) is 4.98 Å². The van der Waals surface area contributed by atoms with Crippen molar-refractivity contribution in [2.45, 2.75) is 51.4 Å². The standard InChI is InChI=1S/C15H19BrN2/c1-11-7-6-10-18-14(16)13(17-15(11)18)12-8-4-2-3-5-9-12/h6-7,10,12H,2-5,8-9H2,1H3. The summed E-state index contributed by atoms with van der Waals surface area (Å²) in [4.78, 5) is 4.89. The van der Waals surface area contributed by atoms with Gasteiger partial charge in [-0.15, -0.1) is 0 Å². The molecule has 2 nitrogen and oxygen atoms in total. The van der Waals surface area contributed by atoms with Gasteiger partial charge >= 0.3 is 0 Å². The molecule has 2 heterocycles. The SMILES string of the molecule is Cc1cccn2c(Br)c(C3CCCCCC3)nc12. The molecule has 0 bridgehead atoms. The molecule has 0 atom stereocenters. The average Bonchev–Trinajstić information content (AvgIpc) is 2.57. The van der Waals surface area contributed by atoms with Crippen molar-refractivity contribution < 1.29 is 0 Å². The lowest BCUT2D eigenvalue weighted by atomic mass is 9.97. The lowest BCUT2D eigenvalue weighted by Gasteiger charge is -2.11. The van der Waals surface area contributed by atoms with Gasteiger partial charge in [0.2, 0.25) is 0 Å². The summed E-state index contributed by atoms with van der Waals surface area (Å²) in [7, 11) is 0. The van der Waals surface area contributed by atoms with E-state index < -0.39 is 0 Å². The molecule has 2 aromatic rings. The van der Waals surface area contributed by atoms with Gasteiger partial charge in [-0.05, 0) is 47.3 Å². The van der Waals surface area contributed by atoms with Crippen molar-refractivity contribution in [3.63, 3.8) is 0 Å². The quantitative estimate of drug-likeness (QED) is 0.689. The van der Waals surface area contributed by atoms with Crippen molar-refractivity contribution in [2.24, 2.45) is 0 Å². The fraction of sp³-hybridized carbons (Fsp3) is 0.533. The summed E-state index contributed by atoms with van der Waals surface area (Å²) < 4.78 is 3.34. The summed E-state index contributed by atoms with van der Waals surface area (Å²) in [5.41, 5.74) is 3.62. The van der Waals surface area contributed by atoms with Crippen LogP contribution in [0.4, 0.5) is 0 Å². The predicted molar refractivity (Wildman–Crippen MR) is 78.1 cm³/mol. The molecule has 1 fully saturated rings. The number of pyridine rings is 1. The Hall–Kier alpha value is -0.830. The Morgan fingerprint density at radius 3 is 2.61 bits per heavy atom. The van der Waals surface area contributed by atoms with Gasteiger partial charge in [-0.3, -0.25) is 4.40 Å². The molecule has 1 aliphatic rings. The van der Waals surface area contributed by atoms with E-state index in [4.69, 9.17) is 4.98 Å². The Balaban J connectivity index is 2.06. The largest absolute Gasteiger partial charge is 0.294 e. The maximum Gasteiger partial charge on any atom is 0.140 e. The fourth-order valence-corrected chi connectivity index (χ4v) is 3.70. The summed E-state index contributed by atoms with van der Waals surface area (Å²) in [5, 5.41) is 0. The molecule has 0 spiro atoms. The Morgan fingerprint density at radius 2 is 1.94 bits per heavy atom. The van der Waals surface area contributed by atoms with Crippen molar-refractivity contribution in [3.8, 4) is 0 Å². The smallest absolute Gasteiger partial charge is 0.140 e. The zero-order chi connectivity index (χ0) is 12.5. The second kappa shape index (κ2) is 5.04. The molecule has 0 N–H and O–H groups in total. The number of nitrogens with zero attached hydrogens (tertiary/aromatic N) is 2. The topological polar surface area (TPSA) is 17.3 Å². The Morgan fingerprint density at radius 1 is 1.22 bits per heavy atom. The van der Waals surface area contributed by atoms with Gasteiger partial charge in [0.15, 0.2) is 0 Å². The van der Waals surface area contributed by atoms with Gasteiger partial charge in [0.1, 0.15) is 10.3 Å². The maximum atomic E-state index is 4.89. The number of hydrogen-bond acceptors (Lipinski definition) is 1. The van der Waals surface area contributed by atoms with Gasteiger partial charge in [-0.1, -0.05) is 31.7 Å². The maximum absolute atomic E-state index is 4.89. The summed E-state index contributed by atoms with van der Waals surface area (Å²) in [6, 6.07) is 4.22. The highest BCUT2D eigenvalue weighted by molar-refractivity contribution is 9.10. The number of aryl methyl sites for hydroxylation is 1. The fourth-order valence-electron chi connectivity index (χ4n) is 3.01. The minimum absolute atomic E-state index is 0.640. The average molecular weight is 307 g/mol. The van der Waals surface area contributed by atoms with Crippen molar-refractivity contribution in [1.29, 1.82) is 0 Å².